The molecule has 4 nitrogen and oxygen atoms in total. The van der Waals surface area contributed by atoms with Crippen LogP contribution in [0, 0.1) is 6.92 Å². The molecule has 1 aromatic heterocycles. The van der Waals surface area contributed by atoms with E-state index in [1.807, 2.05) is 49.4 Å². The third kappa shape index (κ3) is 3.19. The number of hydrogen-bond acceptors (Lipinski definition) is 4. The number of oxazole rings is 1. The summed E-state index contributed by atoms with van der Waals surface area (Å²) in [6.07, 6.45) is 1.58. The van der Waals surface area contributed by atoms with Crippen LogP contribution in [0.25, 0.3) is 22.6 Å². The first-order chi connectivity index (χ1) is 12.6. The van der Waals surface area contributed by atoms with Crippen molar-refractivity contribution < 1.29 is 9.52 Å². The monoisotopic (exact) mass is 362 g/mol. The number of hydrogen-bond donors (Lipinski definition) is 1. The van der Waals surface area contributed by atoms with E-state index >= 15 is 0 Å². The minimum absolute atomic E-state index is 0.0244. The van der Waals surface area contributed by atoms with E-state index in [1.54, 1.807) is 24.4 Å². The highest BCUT2D eigenvalue weighted by molar-refractivity contribution is 6.32. The molecule has 1 N–H and O–H groups in total. The standard InChI is InChI=1S/C21H15ClN2O2/c1-13-5-10-19-18(11-13)24-21(26-19)14-6-8-16(9-7-14)23-12-15-3-2-4-17(22)20(15)25/h2-12,25H,1H3. The van der Waals surface area contributed by atoms with Gasteiger partial charge in [-0.3, -0.25) is 4.99 Å². The van der Waals surface area contributed by atoms with E-state index in [9.17, 15) is 5.11 Å². The molecule has 4 aromatic rings. The van der Waals surface area contributed by atoms with Crippen LogP contribution in [-0.4, -0.2) is 16.3 Å². The van der Waals surface area contributed by atoms with Crippen LogP contribution in [0.2, 0.25) is 5.02 Å². The first-order valence-electron chi connectivity index (χ1n) is 8.09. The van der Waals surface area contributed by atoms with Gasteiger partial charge < -0.3 is 9.52 Å². The molecule has 0 bridgehead atoms. The molecule has 1 heterocycles. The predicted molar refractivity (Wildman–Crippen MR) is 105 cm³/mol. The second-order valence-electron chi connectivity index (χ2n) is 5.97. The molecule has 5 heteroatoms. The number of nitrogens with zero attached hydrogens (tertiary/aromatic N) is 2. The summed E-state index contributed by atoms with van der Waals surface area (Å²) in [6, 6.07) is 18.6. The molecule has 3 aromatic carbocycles. The Morgan fingerprint density at radius 3 is 2.69 bits per heavy atom. The van der Waals surface area contributed by atoms with Crippen molar-refractivity contribution in [1.29, 1.82) is 0 Å². The minimum atomic E-state index is 0.0244. The fourth-order valence-electron chi connectivity index (χ4n) is 2.63. The normalized spacial score (nSPS) is 11.5. The maximum atomic E-state index is 9.91. The van der Waals surface area contributed by atoms with E-state index < -0.39 is 0 Å². The van der Waals surface area contributed by atoms with Crippen molar-refractivity contribution in [2.45, 2.75) is 6.92 Å². The van der Waals surface area contributed by atoms with Crippen molar-refractivity contribution in [1.82, 2.24) is 4.98 Å². The van der Waals surface area contributed by atoms with Crippen molar-refractivity contribution in [3.05, 3.63) is 76.8 Å². The number of fused-ring (bicyclic) bond motifs is 1. The lowest BCUT2D eigenvalue weighted by atomic mass is 10.2. The summed E-state index contributed by atoms with van der Waals surface area (Å²) < 4.78 is 5.81. The van der Waals surface area contributed by atoms with Gasteiger partial charge in [0.1, 0.15) is 11.3 Å². The average Bonchev–Trinajstić information content (AvgIpc) is 3.06. The molecule has 128 valence electrons. The molecule has 0 amide bonds. The third-order valence-corrected chi connectivity index (χ3v) is 4.33. The number of para-hydroxylation sites is 1. The van der Waals surface area contributed by atoms with E-state index in [4.69, 9.17) is 16.0 Å². The first-order valence-corrected chi connectivity index (χ1v) is 8.47. The maximum Gasteiger partial charge on any atom is 0.227 e. The first kappa shape index (κ1) is 16.4. The summed E-state index contributed by atoms with van der Waals surface area (Å²) in [5, 5.41) is 10.2. The molecular formula is C21H15ClN2O2. The van der Waals surface area contributed by atoms with Crippen LogP contribution in [0.5, 0.6) is 5.75 Å². The number of aliphatic imine (C=N–C) groups is 1. The fraction of sp³-hybridized carbons (Fsp3) is 0.0476. The predicted octanol–water partition coefficient (Wildman–Crippen LogP) is 5.91. The lowest BCUT2D eigenvalue weighted by Crippen LogP contribution is -1.82. The van der Waals surface area contributed by atoms with Gasteiger partial charge in [-0.15, -0.1) is 0 Å². The van der Waals surface area contributed by atoms with Crippen LogP contribution in [-0.2, 0) is 0 Å². The zero-order chi connectivity index (χ0) is 18.1. The van der Waals surface area contributed by atoms with Crippen LogP contribution >= 0.6 is 11.6 Å². The van der Waals surface area contributed by atoms with Crippen LogP contribution in [0.4, 0.5) is 5.69 Å². The highest BCUT2D eigenvalue weighted by atomic mass is 35.5. The van der Waals surface area contributed by atoms with E-state index in [0.717, 1.165) is 27.9 Å². The molecule has 0 saturated carbocycles. The van der Waals surface area contributed by atoms with Gasteiger partial charge in [-0.25, -0.2) is 4.98 Å². The van der Waals surface area contributed by atoms with E-state index in [1.165, 1.54) is 0 Å². The highest BCUT2D eigenvalue weighted by Crippen LogP contribution is 2.28. The zero-order valence-electron chi connectivity index (χ0n) is 14.0. The molecule has 0 saturated heterocycles. The Morgan fingerprint density at radius 1 is 1.08 bits per heavy atom. The van der Waals surface area contributed by atoms with Crippen LogP contribution in [0.1, 0.15) is 11.1 Å². The number of aromatic hydroxyl groups is 1. The zero-order valence-corrected chi connectivity index (χ0v) is 14.7. The molecule has 26 heavy (non-hydrogen) atoms. The molecule has 0 spiro atoms. The fourth-order valence-corrected chi connectivity index (χ4v) is 2.81. The lowest BCUT2D eigenvalue weighted by Gasteiger charge is -2.00. The molecule has 0 fully saturated rings. The van der Waals surface area contributed by atoms with Crippen molar-refractivity contribution in [3.8, 4) is 17.2 Å². The number of aryl methyl sites for hydroxylation is 1. The van der Waals surface area contributed by atoms with Gasteiger partial charge in [0.05, 0.1) is 10.7 Å². The molecule has 0 aliphatic rings. The summed E-state index contributed by atoms with van der Waals surface area (Å²) >= 11 is 5.90. The quantitative estimate of drug-likeness (QED) is 0.460. The number of halogens is 1. The second-order valence-corrected chi connectivity index (χ2v) is 6.38. The van der Waals surface area contributed by atoms with Crippen LogP contribution < -0.4 is 0 Å². The largest absolute Gasteiger partial charge is 0.506 e. The Hall–Kier alpha value is -3.11. The summed E-state index contributed by atoms with van der Waals surface area (Å²) in [6.45, 7) is 2.03. The minimum Gasteiger partial charge on any atom is -0.506 e. The van der Waals surface area contributed by atoms with Gasteiger partial charge in [-0.1, -0.05) is 23.7 Å². The molecule has 0 unspecified atom stereocenters. The molecule has 4 rings (SSSR count). The van der Waals surface area contributed by atoms with Gasteiger partial charge in [0.15, 0.2) is 5.58 Å². The summed E-state index contributed by atoms with van der Waals surface area (Å²) in [5.41, 5.74) is 4.95. The number of phenolic OH excluding ortho intramolecular Hbond substituents is 1. The molecule has 0 aliphatic heterocycles. The van der Waals surface area contributed by atoms with Gasteiger partial charge in [-0.05, 0) is 61.0 Å². The van der Waals surface area contributed by atoms with Crippen molar-refractivity contribution in [3.63, 3.8) is 0 Å². The Bertz CT molecular complexity index is 1110. The summed E-state index contributed by atoms with van der Waals surface area (Å²) in [5.74, 6) is 0.602. The van der Waals surface area contributed by atoms with Gasteiger partial charge in [0.25, 0.3) is 0 Å². The number of benzene rings is 3. The Morgan fingerprint density at radius 2 is 1.88 bits per heavy atom. The van der Waals surface area contributed by atoms with Crippen LogP contribution in [0.3, 0.4) is 0 Å². The van der Waals surface area contributed by atoms with Gasteiger partial charge in [-0.2, -0.15) is 0 Å². The van der Waals surface area contributed by atoms with Crippen molar-refractivity contribution in [2.24, 2.45) is 4.99 Å². The van der Waals surface area contributed by atoms with E-state index in [0.29, 0.717) is 16.5 Å². The molecule has 0 aliphatic carbocycles. The highest BCUT2D eigenvalue weighted by Gasteiger charge is 2.08. The van der Waals surface area contributed by atoms with E-state index in [2.05, 4.69) is 9.98 Å². The third-order valence-electron chi connectivity index (χ3n) is 4.03. The van der Waals surface area contributed by atoms with Gasteiger partial charge >= 0.3 is 0 Å². The van der Waals surface area contributed by atoms with Gasteiger partial charge in [0.2, 0.25) is 5.89 Å². The van der Waals surface area contributed by atoms with Crippen molar-refractivity contribution in [2.75, 3.05) is 0 Å². The molecule has 0 radical (unpaired) electrons. The number of phenols is 1. The number of aromatic nitrogens is 1. The van der Waals surface area contributed by atoms with Crippen molar-refractivity contribution >= 4 is 34.6 Å². The van der Waals surface area contributed by atoms with Crippen LogP contribution in [0.15, 0.2) is 70.1 Å². The maximum absolute atomic E-state index is 9.91. The Balaban J connectivity index is 1.59. The van der Waals surface area contributed by atoms with E-state index in [-0.39, 0.29) is 5.75 Å². The number of rotatable bonds is 3. The average molecular weight is 363 g/mol. The summed E-state index contributed by atoms with van der Waals surface area (Å²) in [7, 11) is 0. The second kappa shape index (κ2) is 6.65. The SMILES string of the molecule is Cc1ccc2oc(-c3ccc(N=Cc4cccc(Cl)c4O)cc3)nc2c1. The smallest absolute Gasteiger partial charge is 0.227 e. The summed E-state index contributed by atoms with van der Waals surface area (Å²) in [4.78, 5) is 8.91. The Labute approximate surface area is 155 Å². The Kier molecular flexibility index (Phi) is 4.19. The molecule has 0 atom stereocenters. The van der Waals surface area contributed by atoms with Gasteiger partial charge in [0, 0.05) is 17.3 Å². The topological polar surface area (TPSA) is 58.6 Å². The lowest BCUT2D eigenvalue weighted by molar-refractivity contribution is 0.475. The molecular weight excluding hydrogens is 348 g/mol.